The number of fused-ring (bicyclic) bond motifs is 2. The monoisotopic (exact) mass is 522 g/mol. The van der Waals surface area contributed by atoms with E-state index in [-0.39, 0.29) is 17.7 Å². The number of pyridine rings is 1. The molecule has 10 nitrogen and oxygen atoms in total. The van der Waals surface area contributed by atoms with Gasteiger partial charge in [-0.15, -0.1) is 16.4 Å². The first-order chi connectivity index (χ1) is 18.2. The number of nitrogens with zero attached hydrogens (tertiary/aromatic N) is 5. The van der Waals surface area contributed by atoms with Crippen LogP contribution in [0.5, 0.6) is 11.5 Å². The minimum atomic E-state index is -0.117. The van der Waals surface area contributed by atoms with Crippen LogP contribution in [0.2, 0.25) is 0 Å². The van der Waals surface area contributed by atoms with Crippen LogP contribution in [-0.2, 0) is 24.4 Å². The van der Waals surface area contributed by atoms with Crippen molar-refractivity contribution in [3.8, 4) is 11.5 Å². The number of hydrogen-bond acceptors (Lipinski definition) is 9. The highest BCUT2D eigenvalue weighted by Crippen LogP contribution is 2.34. The summed E-state index contributed by atoms with van der Waals surface area (Å²) in [5.41, 5.74) is 1.29. The predicted octanol–water partition coefficient (Wildman–Crippen LogP) is 3.68. The maximum atomic E-state index is 13.2. The number of tetrazole rings is 1. The van der Waals surface area contributed by atoms with Gasteiger partial charge >= 0.3 is 0 Å². The highest BCUT2D eigenvalue weighted by Gasteiger charge is 2.28. The molecule has 0 radical (unpaired) electrons. The van der Waals surface area contributed by atoms with Crippen molar-refractivity contribution in [1.82, 2.24) is 30.1 Å². The third kappa shape index (κ3) is 5.11. The van der Waals surface area contributed by atoms with Gasteiger partial charge in [0.1, 0.15) is 13.2 Å². The first-order valence-electron chi connectivity index (χ1n) is 12.8. The molecule has 6 rings (SSSR count). The van der Waals surface area contributed by atoms with Gasteiger partial charge in [-0.1, -0.05) is 13.0 Å². The molecule has 0 spiro atoms. The van der Waals surface area contributed by atoms with E-state index in [2.05, 4.69) is 49.8 Å². The molecular formula is C26H30N6O4S. The molecule has 0 amide bonds. The van der Waals surface area contributed by atoms with Crippen LogP contribution >= 0.6 is 11.3 Å². The minimum Gasteiger partial charge on any atom is -0.486 e. The fourth-order valence-corrected chi connectivity index (χ4v) is 5.90. The Balaban J connectivity index is 1.34. The number of hydrogen-bond donors (Lipinski definition) is 1. The van der Waals surface area contributed by atoms with Crippen molar-refractivity contribution in [2.75, 3.05) is 19.8 Å². The van der Waals surface area contributed by atoms with Gasteiger partial charge in [0.15, 0.2) is 17.3 Å². The van der Waals surface area contributed by atoms with E-state index in [9.17, 15) is 4.79 Å². The molecule has 2 unspecified atom stereocenters. The second-order valence-corrected chi connectivity index (χ2v) is 10.5. The molecule has 1 fully saturated rings. The number of rotatable bonds is 9. The second kappa shape index (κ2) is 10.6. The fourth-order valence-electron chi connectivity index (χ4n) is 5.17. The molecule has 0 saturated carbocycles. The summed E-state index contributed by atoms with van der Waals surface area (Å²) >= 11 is 1.70. The molecule has 11 heteroatoms. The highest BCUT2D eigenvalue weighted by molar-refractivity contribution is 7.09. The SMILES string of the molecule is CCC(c1nnnn1CC1CCCO1)N(Cc1cccs1)Cc1cc2cc3c(cc2[nH]c1=O)OCCO3. The summed E-state index contributed by atoms with van der Waals surface area (Å²) in [5, 5.41) is 15.7. The van der Waals surface area contributed by atoms with Crippen LogP contribution in [0.4, 0.5) is 0 Å². The zero-order valence-electron chi connectivity index (χ0n) is 20.8. The van der Waals surface area contributed by atoms with E-state index in [0.29, 0.717) is 49.9 Å². The Kier molecular flexibility index (Phi) is 6.90. The number of benzene rings is 1. The van der Waals surface area contributed by atoms with Crippen LogP contribution in [0.3, 0.4) is 0 Å². The Hall–Kier alpha value is -3.28. The summed E-state index contributed by atoms with van der Waals surface area (Å²) in [5.74, 6) is 2.16. The summed E-state index contributed by atoms with van der Waals surface area (Å²) in [4.78, 5) is 19.8. The Labute approximate surface area is 218 Å². The summed E-state index contributed by atoms with van der Waals surface area (Å²) in [6, 6.07) is 9.83. The average molecular weight is 523 g/mol. The molecule has 4 aromatic rings. The van der Waals surface area contributed by atoms with Crippen LogP contribution < -0.4 is 15.0 Å². The maximum Gasteiger partial charge on any atom is 0.252 e. The van der Waals surface area contributed by atoms with Gasteiger partial charge in [0, 0.05) is 41.6 Å². The van der Waals surface area contributed by atoms with Gasteiger partial charge in [-0.3, -0.25) is 9.69 Å². The molecular weight excluding hydrogens is 492 g/mol. The number of H-pyrrole nitrogens is 1. The Morgan fingerprint density at radius 2 is 2.05 bits per heavy atom. The zero-order chi connectivity index (χ0) is 25.2. The fraction of sp³-hybridized carbons (Fsp3) is 0.462. The van der Waals surface area contributed by atoms with Gasteiger partial charge in [-0.2, -0.15) is 0 Å². The lowest BCUT2D eigenvalue weighted by Crippen LogP contribution is -2.33. The number of thiophene rings is 1. The molecule has 1 N–H and O–H groups in total. The van der Waals surface area contributed by atoms with Gasteiger partial charge in [-0.05, 0) is 53.3 Å². The van der Waals surface area contributed by atoms with Crippen molar-refractivity contribution >= 4 is 22.2 Å². The third-order valence-corrected chi connectivity index (χ3v) is 7.84. The minimum absolute atomic E-state index is 0.0751. The quantitative estimate of drug-likeness (QED) is 0.355. The standard InChI is InChI=1S/C26H30N6O4S/c1-2-22(25-28-29-30-32(25)15-19-5-3-7-34-19)31(16-20-6-4-10-37-20)14-18-11-17-12-23-24(36-9-8-35-23)13-21(17)27-26(18)33/h4,6,10-13,19,22H,2-3,5,7-9,14-16H2,1H3,(H,27,33). The lowest BCUT2D eigenvalue weighted by molar-refractivity contribution is 0.0889. The highest BCUT2D eigenvalue weighted by atomic mass is 32.1. The van der Waals surface area contributed by atoms with Crippen LogP contribution in [0, 0.1) is 0 Å². The van der Waals surface area contributed by atoms with Gasteiger partial charge in [0.2, 0.25) is 0 Å². The number of nitrogens with one attached hydrogen (secondary N) is 1. The summed E-state index contributed by atoms with van der Waals surface area (Å²) in [7, 11) is 0. The summed E-state index contributed by atoms with van der Waals surface area (Å²) in [6.07, 6.45) is 3.00. The normalized spacial score (nSPS) is 18.1. The van der Waals surface area contributed by atoms with E-state index >= 15 is 0 Å². The van der Waals surface area contributed by atoms with E-state index in [1.54, 1.807) is 11.3 Å². The van der Waals surface area contributed by atoms with Gasteiger partial charge in [0.25, 0.3) is 5.56 Å². The number of ether oxygens (including phenoxy) is 3. The largest absolute Gasteiger partial charge is 0.486 e. The predicted molar refractivity (Wildman–Crippen MR) is 139 cm³/mol. The lowest BCUT2D eigenvalue weighted by atomic mass is 10.1. The molecule has 5 heterocycles. The van der Waals surface area contributed by atoms with E-state index in [4.69, 9.17) is 14.2 Å². The van der Waals surface area contributed by atoms with Crippen molar-refractivity contribution in [3.63, 3.8) is 0 Å². The van der Waals surface area contributed by atoms with Crippen LogP contribution in [0.25, 0.3) is 10.9 Å². The molecule has 1 saturated heterocycles. The summed E-state index contributed by atoms with van der Waals surface area (Å²) in [6.45, 7) is 5.70. The molecule has 0 aliphatic carbocycles. The molecule has 194 valence electrons. The van der Waals surface area contributed by atoms with E-state index in [1.165, 1.54) is 4.88 Å². The number of aromatic amines is 1. The zero-order valence-corrected chi connectivity index (χ0v) is 21.6. The Bertz CT molecular complexity index is 1410. The van der Waals surface area contributed by atoms with Crippen LogP contribution in [0.15, 0.2) is 40.5 Å². The molecule has 2 aliphatic rings. The molecule has 3 aromatic heterocycles. The lowest BCUT2D eigenvalue weighted by Gasteiger charge is -2.30. The van der Waals surface area contributed by atoms with E-state index < -0.39 is 0 Å². The molecule has 2 atom stereocenters. The molecule has 0 bridgehead atoms. The average Bonchev–Trinajstić information content (AvgIpc) is 3.69. The molecule has 37 heavy (non-hydrogen) atoms. The Morgan fingerprint density at radius 1 is 1.19 bits per heavy atom. The van der Waals surface area contributed by atoms with Crippen LogP contribution in [-0.4, -0.2) is 56.0 Å². The van der Waals surface area contributed by atoms with E-state index in [1.807, 2.05) is 22.9 Å². The van der Waals surface area contributed by atoms with Crippen molar-refractivity contribution in [2.24, 2.45) is 0 Å². The third-order valence-electron chi connectivity index (χ3n) is 6.98. The maximum absolute atomic E-state index is 13.2. The summed E-state index contributed by atoms with van der Waals surface area (Å²) < 4.78 is 19.2. The first kappa shape index (κ1) is 24.1. The van der Waals surface area contributed by atoms with Crippen molar-refractivity contribution in [2.45, 2.75) is 58.0 Å². The van der Waals surface area contributed by atoms with E-state index in [0.717, 1.165) is 42.6 Å². The van der Waals surface area contributed by atoms with Crippen LogP contribution in [0.1, 0.15) is 48.5 Å². The second-order valence-electron chi connectivity index (χ2n) is 9.47. The van der Waals surface area contributed by atoms with Gasteiger partial charge in [-0.25, -0.2) is 4.68 Å². The van der Waals surface area contributed by atoms with Crippen molar-refractivity contribution in [3.05, 3.63) is 62.3 Å². The number of aromatic nitrogens is 5. The van der Waals surface area contributed by atoms with Crippen molar-refractivity contribution in [1.29, 1.82) is 0 Å². The van der Waals surface area contributed by atoms with Gasteiger partial charge in [0.05, 0.1) is 24.2 Å². The smallest absolute Gasteiger partial charge is 0.252 e. The molecule has 2 aliphatic heterocycles. The first-order valence-corrected chi connectivity index (χ1v) is 13.7. The van der Waals surface area contributed by atoms with Gasteiger partial charge < -0.3 is 19.2 Å². The topological polar surface area (TPSA) is 107 Å². The Morgan fingerprint density at radius 3 is 2.81 bits per heavy atom. The molecule has 1 aromatic carbocycles. The van der Waals surface area contributed by atoms with Crippen molar-refractivity contribution < 1.29 is 14.2 Å².